The monoisotopic (exact) mass is 356 g/mol. The minimum atomic E-state index is -0.0226. The third kappa shape index (κ3) is 4.73. The summed E-state index contributed by atoms with van der Waals surface area (Å²) in [5.41, 5.74) is 1.83. The van der Waals surface area contributed by atoms with Crippen LogP contribution in [0.5, 0.6) is 0 Å². The normalized spacial score (nSPS) is 11.0. The second-order valence-corrected chi connectivity index (χ2v) is 6.91. The molecule has 25 heavy (non-hydrogen) atoms. The van der Waals surface area contributed by atoms with Gasteiger partial charge in [0.25, 0.3) is 0 Å². The summed E-state index contributed by atoms with van der Waals surface area (Å²) >= 11 is 1.59. The molecule has 0 aliphatic carbocycles. The van der Waals surface area contributed by atoms with E-state index < -0.39 is 0 Å². The Morgan fingerprint density at radius 1 is 1.28 bits per heavy atom. The Hall–Kier alpha value is -2.54. The van der Waals surface area contributed by atoms with E-state index in [0.717, 1.165) is 16.3 Å². The molecule has 6 nitrogen and oxygen atoms in total. The van der Waals surface area contributed by atoms with Crippen LogP contribution >= 0.6 is 11.3 Å². The number of hydrogen-bond donors (Lipinski definition) is 1. The van der Waals surface area contributed by atoms with Gasteiger partial charge in [0.15, 0.2) is 5.82 Å². The topological polar surface area (TPSA) is 80.9 Å². The van der Waals surface area contributed by atoms with Crippen molar-refractivity contribution < 1.29 is 9.32 Å². The molecule has 1 aromatic carbocycles. The summed E-state index contributed by atoms with van der Waals surface area (Å²) in [5.74, 6) is 1.52. The summed E-state index contributed by atoms with van der Waals surface area (Å²) < 4.78 is 5.18. The number of nitrogens with zero attached hydrogens (tertiary/aromatic N) is 3. The van der Waals surface area contributed by atoms with E-state index in [0.29, 0.717) is 31.0 Å². The molecule has 0 radical (unpaired) electrons. The van der Waals surface area contributed by atoms with E-state index in [4.69, 9.17) is 4.52 Å². The molecule has 1 N–H and O–H groups in total. The predicted molar refractivity (Wildman–Crippen MR) is 97.5 cm³/mol. The van der Waals surface area contributed by atoms with Crippen molar-refractivity contribution in [3.63, 3.8) is 0 Å². The van der Waals surface area contributed by atoms with Crippen LogP contribution in [-0.4, -0.2) is 21.0 Å². The van der Waals surface area contributed by atoms with Gasteiger partial charge in [0.05, 0.1) is 0 Å². The molecular weight excluding hydrogens is 336 g/mol. The van der Waals surface area contributed by atoms with Crippen molar-refractivity contribution in [2.45, 2.75) is 39.0 Å². The van der Waals surface area contributed by atoms with E-state index in [1.807, 2.05) is 43.5 Å². The lowest BCUT2D eigenvalue weighted by Crippen LogP contribution is -2.11. The highest BCUT2D eigenvalue weighted by Crippen LogP contribution is 2.23. The lowest BCUT2D eigenvalue weighted by atomic mass is 10.2. The summed E-state index contributed by atoms with van der Waals surface area (Å²) in [6, 6.07) is 7.70. The van der Waals surface area contributed by atoms with Crippen molar-refractivity contribution in [1.82, 2.24) is 15.1 Å². The van der Waals surface area contributed by atoms with Crippen LogP contribution in [0.1, 0.15) is 44.3 Å². The van der Waals surface area contributed by atoms with Crippen LogP contribution in [0.25, 0.3) is 10.6 Å². The lowest BCUT2D eigenvalue weighted by Gasteiger charge is -2.05. The van der Waals surface area contributed by atoms with Crippen LogP contribution in [0.15, 0.2) is 40.4 Å². The van der Waals surface area contributed by atoms with Gasteiger partial charge in [-0.1, -0.05) is 19.0 Å². The Balaban J connectivity index is 1.45. The van der Waals surface area contributed by atoms with Gasteiger partial charge in [-0.3, -0.25) is 4.79 Å². The van der Waals surface area contributed by atoms with Crippen molar-refractivity contribution in [3.8, 4) is 10.6 Å². The first-order valence-corrected chi connectivity index (χ1v) is 9.12. The molecule has 7 heteroatoms. The molecule has 3 aromatic rings. The molecule has 0 spiro atoms. The SMILES string of the molecule is CC(C)c1noc(CCCC(=O)Nc2ccc(-c3nccs3)cc2)n1. The molecule has 0 aliphatic rings. The number of aromatic nitrogens is 3. The Kier molecular flexibility index (Phi) is 5.55. The van der Waals surface area contributed by atoms with Gasteiger partial charge in [-0.05, 0) is 30.7 Å². The molecule has 0 saturated heterocycles. The maximum atomic E-state index is 12.0. The molecular formula is C18H20N4O2S. The highest BCUT2D eigenvalue weighted by molar-refractivity contribution is 7.13. The Morgan fingerprint density at radius 3 is 2.72 bits per heavy atom. The molecule has 3 rings (SSSR count). The molecule has 130 valence electrons. The number of amides is 1. The van der Waals surface area contributed by atoms with Gasteiger partial charge < -0.3 is 9.84 Å². The van der Waals surface area contributed by atoms with Crippen LogP contribution in [0.4, 0.5) is 5.69 Å². The predicted octanol–water partition coefficient (Wildman–Crippen LogP) is 4.28. The van der Waals surface area contributed by atoms with E-state index >= 15 is 0 Å². The first-order chi connectivity index (χ1) is 12.1. The number of hydrogen-bond acceptors (Lipinski definition) is 6. The summed E-state index contributed by atoms with van der Waals surface area (Å²) in [4.78, 5) is 20.6. The third-order valence-electron chi connectivity index (χ3n) is 3.64. The minimum Gasteiger partial charge on any atom is -0.339 e. The Morgan fingerprint density at radius 2 is 2.08 bits per heavy atom. The van der Waals surface area contributed by atoms with Crippen molar-refractivity contribution in [2.24, 2.45) is 0 Å². The molecule has 0 atom stereocenters. The maximum absolute atomic E-state index is 12.0. The van der Waals surface area contributed by atoms with Crippen LogP contribution in [0.3, 0.4) is 0 Å². The highest BCUT2D eigenvalue weighted by atomic mass is 32.1. The molecule has 0 aliphatic heterocycles. The quantitative estimate of drug-likeness (QED) is 0.683. The molecule has 0 unspecified atom stereocenters. The number of anilines is 1. The van der Waals surface area contributed by atoms with Crippen LogP contribution in [-0.2, 0) is 11.2 Å². The van der Waals surface area contributed by atoms with Gasteiger partial charge in [0.2, 0.25) is 11.8 Å². The van der Waals surface area contributed by atoms with Crippen LogP contribution < -0.4 is 5.32 Å². The van der Waals surface area contributed by atoms with Crippen molar-refractivity contribution >= 4 is 22.9 Å². The maximum Gasteiger partial charge on any atom is 0.226 e. The third-order valence-corrected chi connectivity index (χ3v) is 4.46. The van der Waals surface area contributed by atoms with Gasteiger partial charge in [0, 0.05) is 41.6 Å². The van der Waals surface area contributed by atoms with E-state index in [-0.39, 0.29) is 11.8 Å². The fraction of sp³-hybridized carbons (Fsp3) is 0.333. The molecule has 1 amide bonds. The number of carbonyl (C=O) groups is 1. The fourth-order valence-corrected chi connectivity index (χ4v) is 2.93. The summed E-state index contributed by atoms with van der Waals surface area (Å²) in [6.45, 7) is 4.03. The smallest absolute Gasteiger partial charge is 0.226 e. The number of carbonyl (C=O) groups excluding carboxylic acids is 1. The molecule has 2 heterocycles. The first kappa shape index (κ1) is 17.3. The van der Waals surface area contributed by atoms with E-state index in [1.54, 1.807) is 17.5 Å². The minimum absolute atomic E-state index is 0.0226. The van der Waals surface area contributed by atoms with Gasteiger partial charge in [-0.25, -0.2) is 4.98 Å². The van der Waals surface area contributed by atoms with Crippen molar-refractivity contribution in [2.75, 3.05) is 5.32 Å². The average molecular weight is 356 g/mol. The van der Waals surface area contributed by atoms with E-state index in [9.17, 15) is 4.79 Å². The average Bonchev–Trinajstić information content (AvgIpc) is 3.27. The van der Waals surface area contributed by atoms with E-state index in [1.165, 1.54) is 0 Å². The fourth-order valence-electron chi connectivity index (χ4n) is 2.29. The number of rotatable bonds is 7. The second-order valence-electron chi connectivity index (χ2n) is 6.02. The second kappa shape index (κ2) is 8.02. The Labute approximate surface area is 150 Å². The summed E-state index contributed by atoms with van der Waals surface area (Å²) in [7, 11) is 0. The molecule has 0 fully saturated rings. The number of aryl methyl sites for hydroxylation is 1. The number of benzene rings is 1. The van der Waals surface area contributed by atoms with Gasteiger partial charge >= 0.3 is 0 Å². The number of thiazole rings is 1. The van der Waals surface area contributed by atoms with Crippen LogP contribution in [0.2, 0.25) is 0 Å². The standard InChI is InChI=1S/C18H20N4O2S/c1-12(2)17-21-16(24-22-17)5-3-4-15(23)20-14-8-6-13(7-9-14)18-19-10-11-25-18/h6-12H,3-5H2,1-2H3,(H,20,23). The zero-order valence-electron chi connectivity index (χ0n) is 14.2. The van der Waals surface area contributed by atoms with Gasteiger partial charge in [0.1, 0.15) is 5.01 Å². The zero-order chi connectivity index (χ0) is 17.6. The first-order valence-electron chi connectivity index (χ1n) is 8.24. The van der Waals surface area contributed by atoms with Gasteiger partial charge in [-0.2, -0.15) is 4.98 Å². The van der Waals surface area contributed by atoms with Crippen molar-refractivity contribution in [3.05, 3.63) is 47.6 Å². The number of nitrogens with one attached hydrogen (secondary N) is 1. The van der Waals surface area contributed by atoms with Crippen molar-refractivity contribution in [1.29, 1.82) is 0 Å². The van der Waals surface area contributed by atoms with E-state index in [2.05, 4.69) is 20.4 Å². The molecule has 2 aromatic heterocycles. The Bertz CT molecular complexity index is 810. The lowest BCUT2D eigenvalue weighted by molar-refractivity contribution is -0.116. The van der Waals surface area contributed by atoms with Crippen LogP contribution in [0, 0.1) is 0 Å². The largest absolute Gasteiger partial charge is 0.339 e. The zero-order valence-corrected chi connectivity index (χ0v) is 15.0. The molecule has 0 bridgehead atoms. The summed E-state index contributed by atoms with van der Waals surface area (Å²) in [6.07, 6.45) is 3.47. The highest BCUT2D eigenvalue weighted by Gasteiger charge is 2.10. The summed E-state index contributed by atoms with van der Waals surface area (Å²) in [5, 5.41) is 9.73. The molecule has 0 saturated carbocycles. The van der Waals surface area contributed by atoms with Gasteiger partial charge in [-0.15, -0.1) is 11.3 Å².